The summed E-state index contributed by atoms with van der Waals surface area (Å²) in [4.78, 5) is 11.7. The van der Waals surface area contributed by atoms with Gasteiger partial charge in [-0.25, -0.2) is 0 Å². The Morgan fingerprint density at radius 2 is 2.00 bits per heavy atom. The first kappa shape index (κ1) is 14.3. The number of allylic oxidation sites excluding steroid dienone is 1. The average molecular weight is 248 g/mol. The fourth-order valence-electron chi connectivity index (χ4n) is 1.96. The van der Waals surface area contributed by atoms with E-state index in [1.165, 1.54) is 7.11 Å². The number of hydrogen-bond donors (Lipinski definition) is 0. The Morgan fingerprint density at radius 3 is 2.56 bits per heavy atom. The zero-order valence-electron chi connectivity index (χ0n) is 11.2. The van der Waals surface area contributed by atoms with Crippen LogP contribution in [0.25, 0.3) is 0 Å². The van der Waals surface area contributed by atoms with Crippen LogP contribution in [-0.4, -0.2) is 20.2 Å². The predicted molar refractivity (Wildman–Crippen MR) is 71.6 cm³/mol. The largest absolute Gasteiger partial charge is 0.496 e. The van der Waals surface area contributed by atoms with Crippen LogP contribution in [0, 0.1) is 5.92 Å². The van der Waals surface area contributed by atoms with Gasteiger partial charge in [-0.05, 0) is 31.4 Å². The van der Waals surface area contributed by atoms with Crippen molar-refractivity contribution in [3.8, 4) is 5.75 Å². The summed E-state index contributed by atoms with van der Waals surface area (Å²) in [6.45, 7) is 5.77. The van der Waals surface area contributed by atoms with Gasteiger partial charge in [0, 0.05) is 0 Å². The van der Waals surface area contributed by atoms with Gasteiger partial charge >= 0.3 is 5.97 Å². The quantitative estimate of drug-likeness (QED) is 0.573. The van der Waals surface area contributed by atoms with Crippen molar-refractivity contribution in [2.45, 2.75) is 19.8 Å². The Hall–Kier alpha value is -1.77. The van der Waals surface area contributed by atoms with E-state index in [0.717, 1.165) is 16.9 Å². The van der Waals surface area contributed by atoms with E-state index in [9.17, 15) is 4.79 Å². The van der Waals surface area contributed by atoms with Gasteiger partial charge in [0.2, 0.25) is 0 Å². The van der Waals surface area contributed by atoms with Gasteiger partial charge in [0.25, 0.3) is 0 Å². The number of rotatable bonds is 6. The summed E-state index contributed by atoms with van der Waals surface area (Å²) in [6, 6.07) is 7.71. The summed E-state index contributed by atoms with van der Waals surface area (Å²) in [6.07, 6.45) is 1.23. The molecule has 1 atom stereocenters. The predicted octanol–water partition coefficient (Wildman–Crippen LogP) is 2.99. The van der Waals surface area contributed by atoms with Crippen molar-refractivity contribution < 1.29 is 14.3 Å². The van der Waals surface area contributed by atoms with Gasteiger partial charge in [-0.1, -0.05) is 23.8 Å². The van der Waals surface area contributed by atoms with Crippen molar-refractivity contribution in [2.24, 2.45) is 5.92 Å². The fourth-order valence-corrected chi connectivity index (χ4v) is 1.96. The average Bonchev–Trinajstić information content (AvgIpc) is 2.37. The van der Waals surface area contributed by atoms with Crippen LogP contribution in [0.15, 0.2) is 36.4 Å². The highest BCUT2D eigenvalue weighted by Gasteiger charge is 2.21. The maximum absolute atomic E-state index is 11.7. The first-order chi connectivity index (χ1) is 8.58. The molecule has 0 heterocycles. The highest BCUT2D eigenvalue weighted by Crippen LogP contribution is 2.24. The third-order valence-corrected chi connectivity index (χ3v) is 2.79. The molecular weight excluding hydrogens is 228 g/mol. The lowest BCUT2D eigenvalue weighted by Gasteiger charge is -2.16. The van der Waals surface area contributed by atoms with E-state index in [-0.39, 0.29) is 11.9 Å². The van der Waals surface area contributed by atoms with Gasteiger partial charge in [0.1, 0.15) is 5.75 Å². The number of benzene rings is 1. The minimum absolute atomic E-state index is 0.205. The lowest BCUT2D eigenvalue weighted by atomic mass is 9.93. The first-order valence-electron chi connectivity index (χ1n) is 5.92. The zero-order valence-corrected chi connectivity index (χ0v) is 11.2. The normalized spacial score (nSPS) is 11.7. The van der Waals surface area contributed by atoms with Crippen molar-refractivity contribution in [3.05, 3.63) is 42.0 Å². The number of carbonyl (C=O) groups is 1. The number of hydrogen-bond acceptors (Lipinski definition) is 3. The maximum atomic E-state index is 11.7. The molecule has 3 nitrogen and oxygen atoms in total. The molecule has 0 aromatic heterocycles. The molecule has 18 heavy (non-hydrogen) atoms. The van der Waals surface area contributed by atoms with E-state index in [2.05, 4.69) is 6.58 Å². The Bertz CT molecular complexity index is 424. The van der Waals surface area contributed by atoms with E-state index in [4.69, 9.17) is 9.47 Å². The minimum Gasteiger partial charge on any atom is -0.496 e. The molecule has 0 bridgehead atoms. The summed E-state index contributed by atoms with van der Waals surface area (Å²) in [5.74, 6) is 0.390. The summed E-state index contributed by atoms with van der Waals surface area (Å²) >= 11 is 0. The van der Waals surface area contributed by atoms with Gasteiger partial charge in [0.15, 0.2) is 0 Å². The molecule has 1 aromatic rings. The Balaban J connectivity index is 2.88. The second-order valence-corrected chi connectivity index (χ2v) is 4.40. The Kier molecular flexibility index (Phi) is 5.43. The molecule has 0 amide bonds. The smallest absolute Gasteiger partial charge is 0.309 e. The van der Waals surface area contributed by atoms with Crippen LogP contribution in [0.1, 0.15) is 18.9 Å². The third kappa shape index (κ3) is 3.91. The molecule has 0 radical (unpaired) electrons. The number of carbonyl (C=O) groups excluding carboxylic acids is 1. The van der Waals surface area contributed by atoms with Gasteiger partial charge in [-0.3, -0.25) is 4.79 Å². The second-order valence-electron chi connectivity index (χ2n) is 4.40. The van der Waals surface area contributed by atoms with E-state index >= 15 is 0 Å². The fraction of sp³-hybridized carbons (Fsp3) is 0.400. The SMILES string of the molecule is C=C(C)C[C@H](Cc1ccccc1OC)C(=O)OC. The summed E-state index contributed by atoms with van der Waals surface area (Å²) in [5.41, 5.74) is 1.98. The standard InChI is InChI=1S/C15H20O3/c1-11(2)9-13(15(16)18-4)10-12-7-5-6-8-14(12)17-3/h5-8,13H,1,9-10H2,2-4H3/t13-/m1/s1. The van der Waals surface area contributed by atoms with Crippen LogP contribution in [0.5, 0.6) is 5.75 Å². The molecule has 0 saturated carbocycles. The molecule has 98 valence electrons. The minimum atomic E-state index is -0.205. The van der Waals surface area contributed by atoms with Crippen molar-refractivity contribution in [2.75, 3.05) is 14.2 Å². The van der Waals surface area contributed by atoms with Gasteiger partial charge in [-0.15, -0.1) is 6.58 Å². The van der Waals surface area contributed by atoms with Crippen molar-refractivity contribution >= 4 is 5.97 Å². The Labute approximate surface area is 108 Å². The van der Waals surface area contributed by atoms with Crippen LogP contribution in [0.4, 0.5) is 0 Å². The monoisotopic (exact) mass is 248 g/mol. The lowest BCUT2D eigenvalue weighted by Crippen LogP contribution is -2.19. The van der Waals surface area contributed by atoms with E-state index < -0.39 is 0 Å². The van der Waals surface area contributed by atoms with Gasteiger partial charge in [0.05, 0.1) is 20.1 Å². The molecule has 1 aromatic carbocycles. The molecule has 0 N–H and O–H groups in total. The highest BCUT2D eigenvalue weighted by molar-refractivity contribution is 5.73. The molecule has 0 aliphatic rings. The lowest BCUT2D eigenvalue weighted by molar-refractivity contribution is -0.145. The van der Waals surface area contributed by atoms with Crippen LogP contribution in [0.2, 0.25) is 0 Å². The van der Waals surface area contributed by atoms with E-state index in [0.29, 0.717) is 12.8 Å². The number of ether oxygens (including phenoxy) is 2. The molecule has 1 rings (SSSR count). The molecule has 0 aliphatic carbocycles. The molecule has 0 fully saturated rings. The Morgan fingerprint density at radius 1 is 1.33 bits per heavy atom. The van der Waals surface area contributed by atoms with Gasteiger partial charge in [-0.2, -0.15) is 0 Å². The zero-order chi connectivity index (χ0) is 13.5. The van der Waals surface area contributed by atoms with Crippen LogP contribution in [0.3, 0.4) is 0 Å². The number of methoxy groups -OCH3 is 2. The van der Waals surface area contributed by atoms with E-state index in [1.54, 1.807) is 7.11 Å². The summed E-state index contributed by atoms with van der Waals surface area (Å²) in [5, 5.41) is 0. The van der Waals surface area contributed by atoms with Crippen molar-refractivity contribution in [1.82, 2.24) is 0 Å². The van der Waals surface area contributed by atoms with Crippen LogP contribution >= 0.6 is 0 Å². The molecule has 0 saturated heterocycles. The summed E-state index contributed by atoms with van der Waals surface area (Å²) < 4.78 is 10.1. The highest BCUT2D eigenvalue weighted by atomic mass is 16.5. The van der Waals surface area contributed by atoms with Crippen molar-refractivity contribution in [3.63, 3.8) is 0 Å². The topological polar surface area (TPSA) is 35.5 Å². The van der Waals surface area contributed by atoms with Crippen LogP contribution < -0.4 is 4.74 Å². The molecule has 0 aliphatic heterocycles. The number of para-hydroxylation sites is 1. The number of esters is 1. The molecular formula is C15H20O3. The summed E-state index contributed by atoms with van der Waals surface area (Å²) in [7, 11) is 3.04. The second kappa shape index (κ2) is 6.84. The molecule has 0 spiro atoms. The molecule has 0 unspecified atom stereocenters. The van der Waals surface area contributed by atoms with Gasteiger partial charge < -0.3 is 9.47 Å². The first-order valence-corrected chi connectivity index (χ1v) is 5.92. The van der Waals surface area contributed by atoms with E-state index in [1.807, 2.05) is 31.2 Å². The van der Waals surface area contributed by atoms with Crippen molar-refractivity contribution in [1.29, 1.82) is 0 Å². The third-order valence-electron chi connectivity index (χ3n) is 2.79. The van der Waals surface area contributed by atoms with Crippen LogP contribution in [-0.2, 0) is 16.0 Å². The molecule has 3 heteroatoms. The maximum Gasteiger partial charge on any atom is 0.309 e.